The summed E-state index contributed by atoms with van der Waals surface area (Å²) in [5.41, 5.74) is 4.25. The van der Waals surface area contributed by atoms with Gasteiger partial charge in [-0.05, 0) is 53.8 Å². The first-order chi connectivity index (χ1) is 17.0. The Labute approximate surface area is 204 Å². The van der Waals surface area contributed by atoms with Gasteiger partial charge in [-0.15, -0.1) is 0 Å². The summed E-state index contributed by atoms with van der Waals surface area (Å²) in [6.45, 7) is 0.356. The number of fused-ring (bicyclic) bond motifs is 3. The Hall–Kier alpha value is -3.56. The lowest BCUT2D eigenvalue weighted by molar-refractivity contribution is 0.359. The van der Waals surface area contributed by atoms with E-state index in [1.54, 1.807) is 20.3 Å². The van der Waals surface area contributed by atoms with Crippen molar-refractivity contribution in [1.82, 2.24) is 14.5 Å². The van der Waals surface area contributed by atoms with Crippen LogP contribution in [0.15, 0.2) is 70.3 Å². The van der Waals surface area contributed by atoms with Crippen LogP contribution >= 0.6 is 0 Å². The molecule has 1 N–H and O–H groups in total. The Morgan fingerprint density at radius 3 is 2.11 bits per heavy atom. The first-order valence-electron chi connectivity index (χ1n) is 11.4. The van der Waals surface area contributed by atoms with Gasteiger partial charge in [0.15, 0.2) is 0 Å². The van der Waals surface area contributed by atoms with Crippen LogP contribution in [0.4, 0.5) is 0 Å². The number of nitrogens with zero attached hydrogens (tertiary/aromatic N) is 2. The van der Waals surface area contributed by atoms with Gasteiger partial charge in [0.25, 0.3) is 10.0 Å². The van der Waals surface area contributed by atoms with Gasteiger partial charge in [0.2, 0.25) is 5.09 Å². The van der Waals surface area contributed by atoms with Crippen LogP contribution in [-0.4, -0.2) is 37.1 Å². The second kappa shape index (κ2) is 9.59. The van der Waals surface area contributed by atoms with Crippen molar-refractivity contribution in [2.24, 2.45) is 0 Å². The van der Waals surface area contributed by atoms with Crippen LogP contribution in [0, 0.1) is 0 Å². The van der Waals surface area contributed by atoms with E-state index in [2.05, 4.69) is 10.2 Å². The van der Waals surface area contributed by atoms with Gasteiger partial charge in [0, 0.05) is 37.3 Å². The molecule has 9 heteroatoms. The van der Waals surface area contributed by atoms with Crippen molar-refractivity contribution in [2.75, 3.05) is 14.2 Å². The van der Waals surface area contributed by atoms with Crippen LogP contribution in [-0.2, 0) is 36.0 Å². The van der Waals surface area contributed by atoms with Gasteiger partial charge in [-0.3, -0.25) is 5.10 Å². The monoisotopic (exact) mass is 493 g/mol. The summed E-state index contributed by atoms with van der Waals surface area (Å²) < 4.78 is 45.7. The molecule has 0 amide bonds. The number of aromatic nitrogens is 2. The highest BCUT2D eigenvalue weighted by atomic mass is 32.2. The molecule has 2 aromatic heterocycles. The maximum absolute atomic E-state index is 13.9. The van der Waals surface area contributed by atoms with E-state index in [0.717, 1.165) is 40.8 Å². The van der Waals surface area contributed by atoms with E-state index in [1.165, 1.54) is 4.31 Å². The quantitative estimate of drug-likeness (QED) is 0.386. The largest absolute Gasteiger partial charge is 0.497 e. The minimum absolute atomic E-state index is 0.0691. The number of benzene rings is 2. The highest BCUT2D eigenvalue weighted by molar-refractivity contribution is 7.89. The topological polar surface area (TPSA) is 97.7 Å². The third-order valence-electron chi connectivity index (χ3n) is 6.24. The number of aromatic amines is 1. The van der Waals surface area contributed by atoms with Crippen molar-refractivity contribution in [2.45, 2.75) is 37.4 Å². The van der Waals surface area contributed by atoms with Crippen molar-refractivity contribution in [3.8, 4) is 22.8 Å². The Kier molecular flexibility index (Phi) is 6.36. The van der Waals surface area contributed by atoms with Crippen LogP contribution in [0.25, 0.3) is 11.3 Å². The molecule has 1 aliphatic rings. The third-order valence-corrected chi connectivity index (χ3v) is 7.89. The van der Waals surface area contributed by atoms with Gasteiger partial charge >= 0.3 is 0 Å². The normalized spacial score (nSPS) is 13.2. The summed E-state index contributed by atoms with van der Waals surface area (Å²) in [6, 6.07) is 16.4. The van der Waals surface area contributed by atoms with E-state index in [-0.39, 0.29) is 18.2 Å². The molecule has 0 atom stereocenters. The van der Waals surface area contributed by atoms with Gasteiger partial charge in [-0.1, -0.05) is 24.3 Å². The lowest BCUT2D eigenvalue weighted by Gasteiger charge is -2.21. The van der Waals surface area contributed by atoms with Gasteiger partial charge in [0.1, 0.15) is 17.3 Å². The van der Waals surface area contributed by atoms with E-state index in [1.807, 2.05) is 54.7 Å². The Morgan fingerprint density at radius 2 is 1.54 bits per heavy atom. The fourth-order valence-electron chi connectivity index (χ4n) is 4.32. The second-order valence-electron chi connectivity index (χ2n) is 8.48. The number of furan rings is 1. The lowest BCUT2D eigenvalue weighted by atomic mass is 10.1. The molecule has 182 valence electrons. The Balaban J connectivity index is 1.51. The molecule has 35 heavy (non-hydrogen) atoms. The molecule has 0 aliphatic heterocycles. The molecule has 2 heterocycles. The minimum atomic E-state index is -3.95. The molecule has 8 nitrogen and oxygen atoms in total. The Bertz CT molecular complexity index is 1360. The first kappa shape index (κ1) is 23.2. The number of methoxy groups -OCH3 is 2. The molecule has 0 bridgehead atoms. The van der Waals surface area contributed by atoms with Crippen molar-refractivity contribution < 1.29 is 22.3 Å². The Morgan fingerprint density at radius 1 is 0.943 bits per heavy atom. The zero-order chi connectivity index (χ0) is 24.4. The van der Waals surface area contributed by atoms with E-state index >= 15 is 0 Å². The molecule has 0 spiro atoms. The van der Waals surface area contributed by atoms with Gasteiger partial charge in [0.05, 0.1) is 19.9 Å². The molecule has 0 fully saturated rings. The summed E-state index contributed by atoms with van der Waals surface area (Å²) in [4.78, 5) is 0. The van der Waals surface area contributed by atoms with E-state index < -0.39 is 10.0 Å². The number of nitrogens with one attached hydrogen (secondary N) is 1. The first-order valence-corrected chi connectivity index (χ1v) is 12.8. The van der Waals surface area contributed by atoms with E-state index in [4.69, 9.17) is 13.9 Å². The predicted octanol–water partition coefficient (Wildman–Crippen LogP) is 4.57. The predicted molar refractivity (Wildman–Crippen MR) is 131 cm³/mol. The highest BCUT2D eigenvalue weighted by Crippen LogP contribution is 2.36. The number of H-pyrrole nitrogens is 1. The van der Waals surface area contributed by atoms with E-state index in [0.29, 0.717) is 23.7 Å². The molecule has 0 unspecified atom stereocenters. The highest BCUT2D eigenvalue weighted by Gasteiger charge is 2.32. The van der Waals surface area contributed by atoms with Crippen molar-refractivity contribution in [3.63, 3.8) is 0 Å². The molecule has 4 aromatic rings. The average molecular weight is 494 g/mol. The number of hydrogen-bond donors (Lipinski definition) is 1. The van der Waals surface area contributed by atoms with Crippen molar-refractivity contribution >= 4 is 10.0 Å². The number of aryl methyl sites for hydroxylation is 2. The molecular formula is C26H27N3O5S. The minimum Gasteiger partial charge on any atom is -0.497 e. The zero-order valence-electron chi connectivity index (χ0n) is 19.7. The van der Waals surface area contributed by atoms with Crippen molar-refractivity contribution in [1.29, 1.82) is 0 Å². The molecule has 5 rings (SSSR count). The summed E-state index contributed by atoms with van der Waals surface area (Å²) in [5.74, 6) is 2.08. The summed E-state index contributed by atoms with van der Waals surface area (Å²) >= 11 is 0. The van der Waals surface area contributed by atoms with Crippen LogP contribution in [0.2, 0.25) is 0 Å². The molecule has 0 radical (unpaired) electrons. The maximum Gasteiger partial charge on any atom is 0.277 e. The fraction of sp³-hybridized carbons (Fsp3) is 0.269. The smallest absolute Gasteiger partial charge is 0.277 e. The lowest BCUT2D eigenvalue weighted by Crippen LogP contribution is -2.30. The molecule has 2 aromatic carbocycles. The van der Waals surface area contributed by atoms with E-state index in [9.17, 15) is 8.42 Å². The number of rotatable bonds is 8. The van der Waals surface area contributed by atoms with Gasteiger partial charge in [-0.25, -0.2) is 8.42 Å². The second-order valence-corrected chi connectivity index (χ2v) is 10.4. The third kappa shape index (κ3) is 4.69. The fourth-order valence-corrected chi connectivity index (χ4v) is 5.68. The number of hydrogen-bond acceptors (Lipinski definition) is 6. The van der Waals surface area contributed by atoms with Gasteiger partial charge < -0.3 is 13.9 Å². The van der Waals surface area contributed by atoms with Crippen LogP contribution in [0.1, 0.15) is 28.9 Å². The standard InChI is InChI=1S/C26H27N3O5S/c1-32-21-10-6-18(7-11-21)16-29(17-19-8-12-22(33-2)13-9-19)35(30,31)25-14-23-24(34-25)5-3-4-20-15-27-28-26(20)23/h6-15H,3-5,16-17H2,1-2H3,(H,27,28). The zero-order valence-corrected chi connectivity index (χ0v) is 20.5. The van der Waals surface area contributed by atoms with Crippen LogP contribution in [0.5, 0.6) is 11.5 Å². The summed E-state index contributed by atoms with van der Waals surface area (Å²) in [6.07, 6.45) is 4.27. The average Bonchev–Trinajstić information content (AvgIpc) is 3.49. The SMILES string of the molecule is COc1ccc(CN(Cc2ccc(OC)cc2)S(=O)(=O)c2cc3c(o2)CCCc2c[nH]nc2-3)cc1. The summed E-state index contributed by atoms with van der Waals surface area (Å²) in [5, 5.41) is 7.17. The maximum atomic E-state index is 13.9. The number of ether oxygens (including phenoxy) is 2. The van der Waals surface area contributed by atoms with Crippen LogP contribution < -0.4 is 9.47 Å². The van der Waals surface area contributed by atoms with Gasteiger partial charge in [-0.2, -0.15) is 9.40 Å². The molecule has 1 aliphatic carbocycles. The summed E-state index contributed by atoms with van der Waals surface area (Å²) in [7, 11) is -0.758. The molecular weight excluding hydrogens is 466 g/mol. The van der Waals surface area contributed by atoms with Crippen molar-refractivity contribution in [3.05, 3.63) is 83.2 Å². The molecule has 0 saturated heterocycles. The number of sulfonamides is 1. The van der Waals surface area contributed by atoms with Crippen LogP contribution in [0.3, 0.4) is 0 Å². The molecule has 0 saturated carbocycles.